The zero-order valence-corrected chi connectivity index (χ0v) is 13.1. The van der Waals surface area contributed by atoms with E-state index >= 15 is 0 Å². The molecule has 1 aromatic heterocycles. The van der Waals surface area contributed by atoms with Crippen molar-refractivity contribution in [2.75, 3.05) is 13.1 Å². The second-order valence-electron chi connectivity index (χ2n) is 6.42. The Kier molecular flexibility index (Phi) is 4.02. The van der Waals surface area contributed by atoms with Gasteiger partial charge in [-0.15, -0.1) is 11.3 Å². The fourth-order valence-electron chi connectivity index (χ4n) is 3.72. The van der Waals surface area contributed by atoms with E-state index in [1.165, 1.54) is 43.4 Å². The van der Waals surface area contributed by atoms with Gasteiger partial charge in [-0.25, -0.2) is 0 Å². The molecule has 2 fully saturated rings. The Morgan fingerprint density at radius 3 is 2.33 bits per heavy atom. The van der Waals surface area contributed by atoms with E-state index < -0.39 is 5.91 Å². The highest BCUT2D eigenvalue weighted by Gasteiger charge is 2.36. The highest BCUT2D eigenvalue weighted by molar-refractivity contribution is 7.12. The summed E-state index contributed by atoms with van der Waals surface area (Å²) < 4.78 is 0. The lowest BCUT2D eigenvalue weighted by Gasteiger charge is -2.44. The summed E-state index contributed by atoms with van der Waals surface area (Å²) in [6.07, 6.45) is 9.00. The lowest BCUT2D eigenvalue weighted by atomic mass is 9.68. The average molecular weight is 306 g/mol. The molecule has 1 saturated heterocycles. The average Bonchev–Trinajstić information content (AvgIpc) is 2.98. The molecule has 2 amide bonds. The predicted octanol–water partition coefficient (Wildman–Crippen LogP) is 3.03. The Balaban J connectivity index is 1.63. The number of hydrogen-bond donors (Lipinski definition) is 1. The molecule has 114 valence electrons. The smallest absolute Gasteiger partial charge is 0.263 e. The minimum Gasteiger partial charge on any atom is -0.366 e. The van der Waals surface area contributed by atoms with Gasteiger partial charge in [-0.3, -0.25) is 9.59 Å². The van der Waals surface area contributed by atoms with Crippen LogP contribution < -0.4 is 5.73 Å². The Labute approximate surface area is 129 Å². The molecule has 2 heterocycles. The zero-order chi connectivity index (χ0) is 14.9. The topological polar surface area (TPSA) is 63.4 Å². The Morgan fingerprint density at radius 1 is 1.10 bits per heavy atom. The number of rotatable bonds is 2. The minimum absolute atomic E-state index is 0.0539. The van der Waals surface area contributed by atoms with E-state index in [0.717, 1.165) is 25.9 Å². The van der Waals surface area contributed by atoms with Gasteiger partial charge in [-0.2, -0.15) is 0 Å². The summed E-state index contributed by atoms with van der Waals surface area (Å²) in [5.74, 6) is -0.414. The van der Waals surface area contributed by atoms with Crippen molar-refractivity contribution >= 4 is 23.2 Å². The molecule has 0 radical (unpaired) electrons. The van der Waals surface area contributed by atoms with E-state index in [2.05, 4.69) is 0 Å². The van der Waals surface area contributed by atoms with Crippen LogP contribution in [0.1, 0.15) is 65.0 Å². The van der Waals surface area contributed by atoms with Gasteiger partial charge in [0.2, 0.25) is 5.91 Å². The number of carbonyl (C=O) groups is 2. The molecule has 5 heteroatoms. The van der Waals surface area contributed by atoms with Gasteiger partial charge < -0.3 is 10.6 Å². The molecular weight excluding hydrogens is 284 g/mol. The molecule has 21 heavy (non-hydrogen) atoms. The first-order valence-electron chi connectivity index (χ1n) is 7.77. The third-order valence-electron chi connectivity index (χ3n) is 5.12. The molecule has 3 rings (SSSR count). The quantitative estimate of drug-likeness (QED) is 0.912. The molecule has 2 N–H and O–H groups in total. The van der Waals surface area contributed by atoms with E-state index in [4.69, 9.17) is 5.73 Å². The third-order valence-corrected chi connectivity index (χ3v) is 6.04. The number of likely N-dealkylation sites (tertiary alicyclic amines) is 1. The summed E-state index contributed by atoms with van der Waals surface area (Å²) >= 11 is 1.31. The number of piperidine rings is 1. The minimum atomic E-state index is -0.467. The maximum absolute atomic E-state index is 12.5. The summed E-state index contributed by atoms with van der Waals surface area (Å²) in [6, 6.07) is 1.63. The van der Waals surface area contributed by atoms with Crippen LogP contribution in [-0.2, 0) is 0 Å². The zero-order valence-electron chi connectivity index (χ0n) is 12.3. The summed E-state index contributed by atoms with van der Waals surface area (Å²) in [5, 5.41) is 1.67. The standard InChI is InChI=1S/C16H22N2O2S/c17-14(19)12-10-13(21-11-12)15(20)18-8-6-16(7-9-18)4-2-1-3-5-16/h10-11H,1-9H2,(H2,17,19). The molecule has 4 nitrogen and oxygen atoms in total. The first kappa shape index (κ1) is 14.6. The second kappa shape index (κ2) is 5.79. The number of primary amides is 1. The Morgan fingerprint density at radius 2 is 1.76 bits per heavy atom. The lowest BCUT2D eigenvalue weighted by molar-refractivity contribution is 0.0476. The lowest BCUT2D eigenvalue weighted by Crippen LogP contribution is -2.43. The van der Waals surface area contributed by atoms with Crippen LogP contribution in [0.2, 0.25) is 0 Å². The predicted molar refractivity (Wildman–Crippen MR) is 83.5 cm³/mol. The van der Waals surface area contributed by atoms with Crippen LogP contribution in [0.5, 0.6) is 0 Å². The highest BCUT2D eigenvalue weighted by Crippen LogP contribution is 2.44. The number of carbonyl (C=O) groups excluding carboxylic acids is 2. The highest BCUT2D eigenvalue weighted by atomic mass is 32.1. The van der Waals surface area contributed by atoms with Crippen molar-refractivity contribution in [2.24, 2.45) is 11.1 Å². The molecule has 0 atom stereocenters. The van der Waals surface area contributed by atoms with E-state index in [1.54, 1.807) is 11.4 Å². The molecule has 2 aliphatic rings. The van der Waals surface area contributed by atoms with Crippen LogP contribution in [0.3, 0.4) is 0 Å². The van der Waals surface area contributed by atoms with E-state index in [0.29, 0.717) is 15.9 Å². The number of thiophene rings is 1. The summed E-state index contributed by atoms with van der Waals surface area (Å²) in [6.45, 7) is 1.70. The van der Waals surface area contributed by atoms with Gasteiger partial charge in [0.1, 0.15) is 0 Å². The number of nitrogens with zero attached hydrogens (tertiary/aromatic N) is 1. The normalized spacial score (nSPS) is 21.4. The van der Waals surface area contributed by atoms with E-state index in [-0.39, 0.29) is 5.91 Å². The van der Waals surface area contributed by atoms with Gasteiger partial charge in [0, 0.05) is 18.5 Å². The van der Waals surface area contributed by atoms with Crippen LogP contribution in [-0.4, -0.2) is 29.8 Å². The van der Waals surface area contributed by atoms with Crippen molar-refractivity contribution < 1.29 is 9.59 Å². The van der Waals surface area contributed by atoms with Crippen molar-refractivity contribution in [3.8, 4) is 0 Å². The maximum atomic E-state index is 12.5. The maximum Gasteiger partial charge on any atom is 0.263 e. The molecule has 1 aliphatic heterocycles. The van der Waals surface area contributed by atoms with Crippen molar-refractivity contribution in [3.05, 3.63) is 21.9 Å². The van der Waals surface area contributed by atoms with Crippen LogP contribution in [0.15, 0.2) is 11.4 Å². The fourth-order valence-corrected chi connectivity index (χ4v) is 4.58. The van der Waals surface area contributed by atoms with Gasteiger partial charge in [-0.05, 0) is 37.2 Å². The van der Waals surface area contributed by atoms with Gasteiger partial charge in [0.05, 0.1) is 10.4 Å². The Hall–Kier alpha value is -1.36. The molecule has 0 bridgehead atoms. The monoisotopic (exact) mass is 306 g/mol. The number of nitrogens with two attached hydrogens (primary N) is 1. The molecule has 1 aliphatic carbocycles. The summed E-state index contributed by atoms with van der Waals surface area (Å²) in [4.78, 5) is 26.2. The van der Waals surface area contributed by atoms with Gasteiger partial charge in [-0.1, -0.05) is 19.3 Å². The van der Waals surface area contributed by atoms with Gasteiger partial charge in [0.25, 0.3) is 5.91 Å². The molecule has 1 spiro atoms. The third kappa shape index (κ3) is 2.98. The SMILES string of the molecule is NC(=O)c1csc(C(=O)N2CCC3(CCCCC3)CC2)c1. The first-order valence-corrected chi connectivity index (χ1v) is 8.65. The summed E-state index contributed by atoms with van der Waals surface area (Å²) in [7, 11) is 0. The number of hydrogen-bond acceptors (Lipinski definition) is 3. The van der Waals surface area contributed by atoms with Crippen molar-refractivity contribution in [1.82, 2.24) is 4.90 Å². The molecular formula is C16H22N2O2S. The molecule has 1 saturated carbocycles. The van der Waals surface area contributed by atoms with Gasteiger partial charge in [0.15, 0.2) is 0 Å². The van der Waals surface area contributed by atoms with Crippen LogP contribution in [0.25, 0.3) is 0 Å². The molecule has 0 aromatic carbocycles. The molecule has 0 unspecified atom stereocenters. The van der Waals surface area contributed by atoms with Crippen LogP contribution in [0.4, 0.5) is 0 Å². The Bertz CT molecular complexity index is 536. The molecule has 1 aromatic rings. The van der Waals surface area contributed by atoms with Crippen LogP contribution >= 0.6 is 11.3 Å². The fraction of sp³-hybridized carbons (Fsp3) is 0.625. The van der Waals surface area contributed by atoms with E-state index in [1.807, 2.05) is 4.90 Å². The van der Waals surface area contributed by atoms with Crippen LogP contribution in [0, 0.1) is 5.41 Å². The number of amides is 2. The first-order chi connectivity index (χ1) is 10.1. The van der Waals surface area contributed by atoms with Gasteiger partial charge >= 0.3 is 0 Å². The van der Waals surface area contributed by atoms with E-state index in [9.17, 15) is 9.59 Å². The van der Waals surface area contributed by atoms with Crippen molar-refractivity contribution in [3.63, 3.8) is 0 Å². The van der Waals surface area contributed by atoms with Crippen molar-refractivity contribution in [2.45, 2.75) is 44.9 Å². The second-order valence-corrected chi connectivity index (χ2v) is 7.33. The van der Waals surface area contributed by atoms with Crippen molar-refractivity contribution in [1.29, 1.82) is 0 Å². The largest absolute Gasteiger partial charge is 0.366 e. The summed E-state index contributed by atoms with van der Waals surface area (Å²) in [5.41, 5.74) is 6.18.